The molecule has 0 spiro atoms. The molecule has 7 nitrogen and oxygen atoms in total. The van der Waals surface area contributed by atoms with E-state index >= 15 is 0 Å². The summed E-state index contributed by atoms with van der Waals surface area (Å²) >= 11 is 3.76. The van der Waals surface area contributed by atoms with Crippen molar-refractivity contribution in [1.29, 1.82) is 0 Å². The lowest BCUT2D eigenvalue weighted by atomic mass is 9.87. The van der Waals surface area contributed by atoms with Gasteiger partial charge in [0.2, 0.25) is 0 Å². The molecule has 3 unspecified atom stereocenters. The molecule has 1 heterocycles. The Bertz CT molecular complexity index is 965. The second-order valence-electron chi connectivity index (χ2n) is 10.0. The van der Waals surface area contributed by atoms with Crippen molar-refractivity contribution in [2.24, 2.45) is 17.0 Å². The quantitative estimate of drug-likeness (QED) is 0.0825. The van der Waals surface area contributed by atoms with Gasteiger partial charge in [-0.2, -0.15) is 23.5 Å². The number of hydrogen-bond acceptors (Lipinski definition) is 7. The van der Waals surface area contributed by atoms with Gasteiger partial charge in [-0.05, 0) is 46.8 Å². The van der Waals surface area contributed by atoms with Crippen molar-refractivity contribution in [3.8, 4) is 0 Å². The summed E-state index contributed by atoms with van der Waals surface area (Å²) in [4.78, 5) is 2.80. The van der Waals surface area contributed by atoms with Crippen LogP contribution in [0.15, 0.2) is 65.8 Å². The van der Waals surface area contributed by atoms with E-state index < -0.39 is 0 Å². The molecule has 1 fully saturated rings. The summed E-state index contributed by atoms with van der Waals surface area (Å²) < 4.78 is 25.4. The molecular weight excluding hydrogens is 530 g/mol. The van der Waals surface area contributed by atoms with Crippen LogP contribution >= 0.6 is 23.5 Å². The molecule has 9 heteroatoms. The standard InChI is InChI=1S/C30H43N3O4S2/c1-23(21-38-16-14-32-33-31)22-39-17-15-34-20-28-30(36-19-27-12-8-5-9-13-27)24(2)29(25(3)37-28)35-18-26-10-6-4-7-11-26/h4-13,23-25,28-30H,14-22H2,1-3H3/t23?,24-,25-,28?,29?,30-/m1/s1. The molecule has 0 bridgehead atoms. The van der Waals surface area contributed by atoms with Gasteiger partial charge in [-0.3, -0.25) is 0 Å². The van der Waals surface area contributed by atoms with Gasteiger partial charge in [-0.1, -0.05) is 79.6 Å². The van der Waals surface area contributed by atoms with E-state index in [4.69, 9.17) is 24.5 Å². The highest BCUT2D eigenvalue weighted by Crippen LogP contribution is 2.32. The molecular formula is C30H43N3O4S2. The van der Waals surface area contributed by atoms with Crippen LogP contribution in [0.25, 0.3) is 10.4 Å². The molecule has 2 aromatic rings. The van der Waals surface area contributed by atoms with Crippen molar-refractivity contribution >= 4 is 23.5 Å². The van der Waals surface area contributed by atoms with Crippen LogP contribution in [-0.4, -0.2) is 67.2 Å². The predicted molar refractivity (Wildman–Crippen MR) is 162 cm³/mol. The van der Waals surface area contributed by atoms with Crippen molar-refractivity contribution in [1.82, 2.24) is 0 Å². The second-order valence-corrected chi connectivity index (χ2v) is 12.3. The second kappa shape index (κ2) is 18.6. The first kappa shape index (κ1) is 31.8. The van der Waals surface area contributed by atoms with Gasteiger partial charge in [0.15, 0.2) is 0 Å². The maximum absolute atomic E-state index is 8.35. The van der Waals surface area contributed by atoms with Gasteiger partial charge in [-0.15, -0.1) is 0 Å². The minimum atomic E-state index is -0.147. The highest BCUT2D eigenvalue weighted by atomic mass is 32.2. The fourth-order valence-corrected chi connectivity index (χ4v) is 6.65. The number of nitrogens with zero attached hydrogens (tertiary/aromatic N) is 3. The summed E-state index contributed by atoms with van der Waals surface area (Å²) in [5.41, 5.74) is 10.6. The van der Waals surface area contributed by atoms with Gasteiger partial charge >= 0.3 is 0 Å². The Morgan fingerprint density at radius 1 is 0.897 bits per heavy atom. The van der Waals surface area contributed by atoms with Gasteiger partial charge in [0, 0.05) is 23.1 Å². The maximum atomic E-state index is 8.35. The number of thioether (sulfide) groups is 2. The first-order valence-electron chi connectivity index (χ1n) is 13.8. The van der Waals surface area contributed by atoms with Crippen LogP contribution in [0.5, 0.6) is 0 Å². The average Bonchev–Trinajstić information content (AvgIpc) is 2.95. The number of ether oxygens (including phenoxy) is 4. The third kappa shape index (κ3) is 11.7. The van der Waals surface area contributed by atoms with Gasteiger partial charge in [-0.25, -0.2) is 0 Å². The molecule has 3 rings (SSSR count). The topological polar surface area (TPSA) is 85.7 Å². The van der Waals surface area contributed by atoms with Gasteiger partial charge in [0.05, 0.1) is 44.7 Å². The number of azide groups is 1. The van der Waals surface area contributed by atoms with E-state index in [1.807, 2.05) is 59.9 Å². The normalized spacial score (nSPS) is 23.7. The molecule has 39 heavy (non-hydrogen) atoms. The van der Waals surface area contributed by atoms with E-state index in [2.05, 4.69) is 55.1 Å². The minimum Gasteiger partial charge on any atom is -0.378 e. The summed E-state index contributed by atoms with van der Waals surface area (Å²) in [7, 11) is 0. The van der Waals surface area contributed by atoms with Crippen LogP contribution in [-0.2, 0) is 32.2 Å². The number of hydrogen-bond donors (Lipinski definition) is 0. The van der Waals surface area contributed by atoms with Crippen LogP contribution in [0.4, 0.5) is 0 Å². The Hall–Kier alpha value is -1.71. The first-order valence-corrected chi connectivity index (χ1v) is 16.1. The van der Waals surface area contributed by atoms with E-state index in [9.17, 15) is 0 Å². The third-order valence-corrected chi connectivity index (χ3v) is 9.22. The van der Waals surface area contributed by atoms with Crippen LogP contribution in [0.3, 0.4) is 0 Å². The first-order chi connectivity index (χ1) is 19.1. The van der Waals surface area contributed by atoms with Gasteiger partial charge in [0.25, 0.3) is 0 Å². The third-order valence-electron chi connectivity index (χ3n) is 6.68. The molecule has 0 N–H and O–H groups in total. The summed E-state index contributed by atoms with van der Waals surface area (Å²) in [5, 5.41) is 3.58. The van der Waals surface area contributed by atoms with E-state index in [1.165, 1.54) is 0 Å². The van der Waals surface area contributed by atoms with Crippen molar-refractivity contribution in [2.45, 2.75) is 58.4 Å². The molecule has 0 saturated carbocycles. The van der Waals surface area contributed by atoms with E-state index in [0.717, 1.165) is 34.1 Å². The highest BCUT2D eigenvalue weighted by Gasteiger charge is 2.43. The lowest BCUT2D eigenvalue weighted by Crippen LogP contribution is -2.55. The summed E-state index contributed by atoms with van der Waals surface area (Å²) in [6.07, 6.45) is -0.395. The lowest BCUT2D eigenvalue weighted by Gasteiger charge is -2.44. The Balaban J connectivity index is 1.45. The van der Waals surface area contributed by atoms with Gasteiger partial charge < -0.3 is 18.9 Å². The molecule has 0 radical (unpaired) electrons. The fourth-order valence-electron chi connectivity index (χ4n) is 4.68. The Morgan fingerprint density at radius 3 is 2.10 bits per heavy atom. The number of rotatable bonds is 18. The lowest BCUT2D eigenvalue weighted by molar-refractivity contribution is -0.234. The van der Waals surface area contributed by atoms with E-state index in [1.54, 1.807) is 0 Å². The van der Waals surface area contributed by atoms with Gasteiger partial charge in [0.1, 0.15) is 6.10 Å². The summed E-state index contributed by atoms with van der Waals surface area (Å²) in [6, 6.07) is 20.5. The predicted octanol–water partition coefficient (Wildman–Crippen LogP) is 7.01. The van der Waals surface area contributed by atoms with Crippen molar-refractivity contribution in [3.63, 3.8) is 0 Å². The molecule has 6 atom stereocenters. The minimum absolute atomic E-state index is 0.0551. The largest absolute Gasteiger partial charge is 0.378 e. The molecule has 2 aromatic carbocycles. The van der Waals surface area contributed by atoms with Crippen LogP contribution in [0.1, 0.15) is 31.9 Å². The molecule has 0 aromatic heterocycles. The molecule has 1 saturated heterocycles. The Kier molecular flexibility index (Phi) is 15.2. The van der Waals surface area contributed by atoms with Crippen LogP contribution in [0, 0.1) is 11.8 Å². The number of benzene rings is 2. The fraction of sp³-hybridized carbons (Fsp3) is 0.600. The average molecular weight is 574 g/mol. The Labute approximate surface area is 242 Å². The molecule has 1 aliphatic rings. The highest BCUT2D eigenvalue weighted by molar-refractivity contribution is 8.00. The van der Waals surface area contributed by atoms with Crippen LogP contribution in [0.2, 0.25) is 0 Å². The zero-order chi connectivity index (χ0) is 27.7. The van der Waals surface area contributed by atoms with Crippen molar-refractivity contribution in [2.75, 3.05) is 42.8 Å². The summed E-state index contributed by atoms with van der Waals surface area (Å²) in [6.45, 7) is 9.40. The molecule has 0 amide bonds. The molecule has 1 aliphatic heterocycles. The smallest absolute Gasteiger partial charge is 0.108 e. The monoisotopic (exact) mass is 573 g/mol. The van der Waals surface area contributed by atoms with Crippen molar-refractivity contribution < 1.29 is 18.9 Å². The SMILES string of the molecule is CC(CSCCN=[N+]=[N-])CSCCOCC1O[C@H](C)C(OCc2ccccc2)[C@@H](C)[C@H]1OCc1ccccc1. The van der Waals surface area contributed by atoms with Crippen molar-refractivity contribution in [3.05, 3.63) is 82.2 Å². The molecule has 214 valence electrons. The summed E-state index contributed by atoms with van der Waals surface area (Å²) in [5.74, 6) is 4.76. The molecule has 0 aliphatic carbocycles. The van der Waals surface area contributed by atoms with E-state index in [0.29, 0.717) is 38.9 Å². The Morgan fingerprint density at radius 2 is 1.49 bits per heavy atom. The van der Waals surface area contributed by atoms with E-state index in [-0.39, 0.29) is 30.3 Å². The van der Waals surface area contributed by atoms with Crippen LogP contribution < -0.4 is 0 Å². The zero-order valence-electron chi connectivity index (χ0n) is 23.4. The maximum Gasteiger partial charge on any atom is 0.108 e. The zero-order valence-corrected chi connectivity index (χ0v) is 25.0.